The van der Waals surface area contributed by atoms with E-state index in [-0.39, 0.29) is 17.6 Å². The zero-order valence-corrected chi connectivity index (χ0v) is 20.3. The number of likely N-dealkylation sites (tertiary alicyclic amines) is 1. The van der Waals surface area contributed by atoms with Crippen molar-refractivity contribution >= 4 is 27.8 Å². The number of halogens is 1. The van der Waals surface area contributed by atoms with Crippen LogP contribution in [0, 0.1) is 6.92 Å². The van der Waals surface area contributed by atoms with Gasteiger partial charge >= 0.3 is 6.09 Å². The lowest BCUT2D eigenvalue weighted by molar-refractivity contribution is 0.102. The maximum Gasteiger partial charge on any atom is 0.410 e. The molecule has 1 saturated heterocycles. The Bertz CT molecular complexity index is 1200. The quantitative estimate of drug-likeness (QED) is 0.497. The highest BCUT2D eigenvalue weighted by Gasteiger charge is 2.38. The van der Waals surface area contributed by atoms with Crippen molar-refractivity contribution in [3.05, 3.63) is 101 Å². The Kier molecular flexibility index (Phi) is 8.33. The Hall–Kier alpha value is -2.91. The number of nitrogens with two attached hydrogens (primary N) is 1. The van der Waals surface area contributed by atoms with Crippen LogP contribution in [0.5, 0.6) is 0 Å². The highest BCUT2D eigenvalue weighted by Crippen LogP contribution is 2.30. The molecule has 0 saturated carbocycles. The van der Waals surface area contributed by atoms with E-state index in [1.54, 1.807) is 17.0 Å². The molecule has 3 N–H and O–H groups in total. The maximum atomic E-state index is 12.2. The summed E-state index contributed by atoms with van der Waals surface area (Å²) >= 11 is 5.92. The molecule has 3 aromatic rings. The van der Waals surface area contributed by atoms with Crippen LogP contribution in [-0.4, -0.2) is 37.1 Å². The van der Waals surface area contributed by atoms with Crippen LogP contribution in [0.4, 0.5) is 4.79 Å². The predicted molar refractivity (Wildman–Crippen MR) is 131 cm³/mol. The predicted octanol–water partition coefficient (Wildman–Crippen LogP) is 4.78. The molecule has 180 valence electrons. The Morgan fingerprint density at radius 3 is 2.26 bits per heavy atom. The van der Waals surface area contributed by atoms with Crippen molar-refractivity contribution in [1.29, 1.82) is 0 Å². The molecular formula is C25H27ClN2O5S. The molecular weight excluding hydrogens is 476 g/mol. The van der Waals surface area contributed by atoms with Crippen molar-refractivity contribution in [3.8, 4) is 0 Å². The van der Waals surface area contributed by atoms with E-state index >= 15 is 0 Å². The molecule has 1 amide bonds. The second kappa shape index (κ2) is 11.0. The van der Waals surface area contributed by atoms with Gasteiger partial charge < -0.3 is 15.4 Å². The SMILES string of the molecule is Cc1ccc(S(=O)(=O)O)cc1.NC1(c2ccc(Cl)cc2)CCN(C(=O)OCc2ccccc2)C1. The third kappa shape index (κ3) is 7.04. The van der Waals surface area contributed by atoms with E-state index in [9.17, 15) is 13.2 Å². The third-order valence-electron chi connectivity index (χ3n) is 5.50. The summed E-state index contributed by atoms with van der Waals surface area (Å²) in [5.41, 5.74) is 8.84. The highest BCUT2D eigenvalue weighted by atomic mass is 35.5. The van der Waals surface area contributed by atoms with Crippen LogP contribution in [0.3, 0.4) is 0 Å². The lowest BCUT2D eigenvalue weighted by Crippen LogP contribution is -2.41. The zero-order valence-electron chi connectivity index (χ0n) is 18.7. The van der Waals surface area contributed by atoms with Gasteiger partial charge in [0.25, 0.3) is 10.1 Å². The van der Waals surface area contributed by atoms with Gasteiger partial charge in [-0.15, -0.1) is 0 Å². The van der Waals surface area contributed by atoms with Gasteiger partial charge in [-0.3, -0.25) is 4.55 Å². The first kappa shape index (κ1) is 25.7. The summed E-state index contributed by atoms with van der Waals surface area (Å²) in [7, 11) is -4.02. The van der Waals surface area contributed by atoms with E-state index in [0.717, 1.165) is 16.7 Å². The van der Waals surface area contributed by atoms with Gasteiger partial charge in [-0.1, -0.05) is 71.8 Å². The van der Waals surface area contributed by atoms with Gasteiger partial charge in [-0.05, 0) is 48.7 Å². The van der Waals surface area contributed by atoms with Crippen molar-refractivity contribution in [2.45, 2.75) is 30.4 Å². The molecule has 4 rings (SSSR count). The molecule has 9 heteroatoms. The monoisotopic (exact) mass is 502 g/mol. The molecule has 0 spiro atoms. The van der Waals surface area contributed by atoms with E-state index < -0.39 is 15.7 Å². The van der Waals surface area contributed by atoms with Gasteiger partial charge in [-0.2, -0.15) is 8.42 Å². The first-order valence-corrected chi connectivity index (χ1v) is 12.4. The van der Waals surface area contributed by atoms with Crippen LogP contribution in [0.1, 0.15) is 23.1 Å². The molecule has 0 aliphatic carbocycles. The van der Waals surface area contributed by atoms with E-state index in [2.05, 4.69) is 0 Å². The molecule has 1 fully saturated rings. The molecule has 0 aromatic heterocycles. The molecule has 3 aromatic carbocycles. The zero-order chi connectivity index (χ0) is 24.8. The van der Waals surface area contributed by atoms with Crippen LogP contribution in [0.2, 0.25) is 5.02 Å². The van der Waals surface area contributed by atoms with E-state index in [4.69, 9.17) is 26.6 Å². The van der Waals surface area contributed by atoms with E-state index in [0.29, 0.717) is 24.5 Å². The molecule has 7 nitrogen and oxygen atoms in total. The van der Waals surface area contributed by atoms with Crippen LogP contribution >= 0.6 is 11.6 Å². The fraction of sp³-hybridized carbons (Fsp3) is 0.240. The van der Waals surface area contributed by atoms with Crippen molar-refractivity contribution in [2.24, 2.45) is 5.73 Å². The second-order valence-electron chi connectivity index (χ2n) is 8.16. The number of carbonyl (C=O) groups excluding carboxylic acids is 1. The molecule has 1 atom stereocenters. The van der Waals surface area contributed by atoms with Gasteiger partial charge in [0.2, 0.25) is 0 Å². The minimum absolute atomic E-state index is 0.0666. The van der Waals surface area contributed by atoms with E-state index in [1.807, 2.05) is 61.5 Å². The molecule has 1 unspecified atom stereocenters. The number of aryl methyl sites for hydroxylation is 1. The number of amides is 1. The van der Waals surface area contributed by atoms with Crippen molar-refractivity contribution < 1.29 is 22.5 Å². The smallest absolute Gasteiger partial charge is 0.410 e. The van der Waals surface area contributed by atoms with Gasteiger partial charge in [0.15, 0.2) is 0 Å². The van der Waals surface area contributed by atoms with Crippen LogP contribution in [0.25, 0.3) is 0 Å². The van der Waals surface area contributed by atoms with Crippen LogP contribution in [-0.2, 0) is 27.0 Å². The van der Waals surface area contributed by atoms with Gasteiger partial charge in [0.05, 0.1) is 10.4 Å². The lowest BCUT2D eigenvalue weighted by atomic mass is 9.90. The highest BCUT2D eigenvalue weighted by molar-refractivity contribution is 7.85. The largest absolute Gasteiger partial charge is 0.445 e. The third-order valence-corrected chi connectivity index (χ3v) is 6.62. The maximum absolute atomic E-state index is 12.2. The number of hydrogen-bond donors (Lipinski definition) is 2. The number of nitrogens with zero attached hydrogens (tertiary/aromatic N) is 1. The van der Waals surface area contributed by atoms with E-state index in [1.165, 1.54) is 12.1 Å². The molecule has 1 aliphatic heterocycles. The van der Waals surface area contributed by atoms with Gasteiger partial charge in [0, 0.05) is 18.1 Å². The average molecular weight is 503 g/mol. The summed E-state index contributed by atoms with van der Waals surface area (Å²) in [6.45, 7) is 3.15. The Labute approximate surface area is 204 Å². The lowest BCUT2D eigenvalue weighted by Gasteiger charge is -2.25. The minimum atomic E-state index is -4.02. The first-order chi connectivity index (χ1) is 16.1. The average Bonchev–Trinajstić information content (AvgIpc) is 3.22. The summed E-state index contributed by atoms with van der Waals surface area (Å²) < 4.78 is 34.9. The van der Waals surface area contributed by atoms with Gasteiger partial charge in [0.1, 0.15) is 6.61 Å². The Balaban J connectivity index is 0.000000248. The molecule has 0 radical (unpaired) electrons. The fourth-order valence-corrected chi connectivity index (χ4v) is 4.13. The van der Waals surface area contributed by atoms with Gasteiger partial charge in [-0.25, -0.2) is 4.79 Å². The summed E-state index contributed by atoms with van der Waals surface area (Å²) in [6, 6.07) is 23.1. The normalized spacial score (nSPS) is 17.6. The summed E-state index contributed by atoms with van der Waals surface area (Å²) in [6.07, 6.45) is 0.379. The molecule has 34 heavy (non-hydrogen) atoms. The summed E-state index contributed by atoms with van der Waals surface area (Å²) in [5.74, 6) is 0. The first-order valence-electron chi connectivity index (χ1n) is 10.6. The Morgan fingerprint density at radius 1 is 1.06 bits per heavy atom. The van der Waals surface area contributed by atoms with Crippen molar-refractivity contribution in [3.63, 3.8) is 0 Å². The second-order valence-corrected chi connectivity index (χ2v) is 10.0. The molecule has 0 bridgehead atoms. The summed E-state index contributed by atoms with van der Waals surface area (Å²) in [4.78, 5) is 13.8. The number of ether oxygens (including phenoxy) is 1. The number of benzene rings is 3. The van der Waals surface area contributed by atoms with Crippen LogP contribution in [0.15, 0.2) is 83.8 Å². The fourth-order valence-electron chi connectivity index (χ4n) is 3.53. The van der Waals surface area contributed by atoms with Crippen LogP contribution < -0.4 is 5.73 Å². The van der Waals surface area contributed by atoms with Crippen molar-refractivity contribution in [2.75, 3.05) is 13.1 Å². The standard InChI is InChI=1S/C18H19ClN2O2.C7H8O3S/c19-16-8-6-15(7-9-16)18(20)10-11-21(13-18)17(22)23-12-14-4-2-1-3-5-14;1-6-2-4-7(5-3-6)11(8,9)10/h1-9H,10-13,20H2;2-5H,1H3,(H,8,9,10). The number of rotatable bonds is 4. The molecule has 1 heterocycles. The van der Waals surface area contributed by atoms with Crippen molar-refractivity contribution in [1.82, 2.24) is 4.90 Å². The molecule has 1 aliphatic rings. The summed E-state index contributed by atoms with van der Waals surface area (Å²) in [5, 5.41) is 0.675. The topological polar surface area (TPSA) is 110 Å². The minimum Gasteiger partial charge on any atom is -0.445 e. The Morgan fingerprint density at radius 2 is 1.68 bits per heavy atom. The number of hydrogen-bond acceptors (Lipinski definition) is 5. The number of carbonyl (C=O) groups is 1.